The summed E-state index contributed by atoms with van der Waals surface area (Å²) in [6, 6.07) is 7.18. The molecule has 28 heavy (non-hydrogen) atoms. The maximum Gasteiger partial charge on any atom is 0.416 e. The van der Waals surface area contributed by atoms with Gasteiger partial charge in [-0.05, 0) is 42.0 Å². The highest BCUT2D eigenvalue weighted by Gasteiger charge is 2.34. The number of H-pyrrole nitrogens is 1. The van der Waals surface area contributed by atoms with Gasteiger partial charge < -0.3 is 15.2 Å². The van der Waals surface area contributed by atoms with E-state index in [1.54, 1.807) is 23.6 Å². The Balaban J connectivity index is 1.59. The van der Waals surface area contributed by atoms with Crippen LogP contribution in [-0.4, -0.2) is 32.4 Å². The highest BCUT2D eigenvalue weighted by Crippen LogP contribution is 2.34. The normalized spacial score (nSPS) is 16.5. The number of fused-ring (bicyclic) bond motifs is 1. The summed E-state index contributed by atoms with van der Waals surface area (Å²) in [5.74, 6) is 0. The summed E-state index contributed by atoms with van der Waals surface area (Å²) in [4.78, 5) is 26.0. The Morgan fingerprint density at radius 1 is 1.14 bits per heavy atom. The first-order chi connectivity index (χ1) is 13.4. The molecule has 0 aliphatic carbocycles. The largest absolute Gasteiger partial charge is 0.416 e. The molecule has 2 amide bonds. The summed E-state index contributed by atoms with van der Waals surface area (Å²) in [7, 11) is 0. The summed E-state index contributed by atoms with van der Waals surface area (Å²) in [6.07, 6.45) is 1.07. The molecule has 2 N–H and O–H groups in total. The summed E-state index contributed by atoms with van der Waals surface area (Å²) >= 11 is 0. The number of alkyl halides is 3. The number of aromatic amines is 1. The van der Waals surface area contributed by atoms with E-state index in [0.717, 1.165) is 29.1 Å². The lowest BCUT2D eigenvalue weighted by atomic mass is 9.97. The third kappa shape index (κ3) is 3.42. The number of amides is 2. The molecule has 0 saturated heterocycles. The van der Waals surface area contributed by atoms with Crippen molar-refractivity contribution in [3.05, 3.63) is 77.6 Å². The first-order valence-electron chi connectivity index (χ1n) is 8.60. The molecule has 9 heteroatoms. The van der Waals surface area contributed by atoms with Gasteiger partial charge in [-0.2, -0.15) is 13.2 Å². The number of aromatic nitrogens is 3. The van der Waals surface area contributed by atoms with Crippen molar-refractivity contribution < 1.29 is 18.0 Å². The maximum atomic E-state index is 12.9. The second-order valence-corrected chi connectivity index (χ2v) is 6.40. The van der Waals surface area contributed by atoms with E-state index in [4.69, 9.17) is 0 Å². The van der Waals surface area contributed by atoms with Crippen LogP contribution >= 0.6 is 0 Å². The van der Waals surface area contributed by atoms with E-state index in [1.807, 2.05) is 12.1 Å². The predicted octanol–water partition coefficient (Wildman–Crippen LogP) is 4.00. The molecular formula is C19H16F3N5O. The first kappa shape index (κ1) is 18.0. The van der Waals surface area contributed by atoms with Crippen LogP contribution in [0.1, 0.15) is 28.6 Å². The van der Waals surface area contributed by atoms with E-state index >= 15 is 0 Å². The fourth-order valence-corrected chi connectivity index (χ4v) is 3.32. The highest BCUT2D eigenvalue weighted by molar-refractivity contribution is 5.90. The number of imidazole rings is 1. The molecule has 0 saturated carbocycles. The van der Waals surface area contributed by atoms with Crippen LogP contribution in [0.15, 0.2) is 55.1 Å². The quantitative estimate of drug-likeness (QED) is 0.698. The van der Waals surface area contributed by atoms with E-state index in [2.05, 4.69) is 20.3 Å². The van der Waals surface area contributed by atoms with Crippen molar-refractivity contribution in [1.29, 1.82) is 0 Å². The number of nitrogens with zero attached hydrogens (tertiary/aromatic N) is 3. The number of anilines is 1. The van der Waals surface area contributed by atoms with Gasteiger partial charge in [0.25, 0.3) is 0 Å². The number of hydrogen-bond donors (Lipinski definition) is 2. The topological polar surface area (TPSA) is 73.9 Å². The van der Waals surface area contributed by atoms with Crippen molar-refractivity contribution >= 4 is 11.7 Å². The number of rotatable bonds is 2. The van der Waals surface area contributed by atoms with Gasteiger partial charge in [0.15, 0.2) is 0 Å². The lowest BCUT2D eigenvalue weighted by molar-refractivity contribution is -0.137. The number of benzene rings is 1. The van der Waals surface area contributed by atoms with Crippen LogP contribution in [0.5, 0.6) is 0 Å². The first-order valence-corrected chi connectivity index (χ1v) is 8.60. The number of carbonyl (C=O) groups is 1. The average molecular weight is 387 g/mol. The zero-order valence-electron chi connectivity index (χ0n) is 14.6. The molecule has 0 bridgehead atoms. The van der Waals surface area contributed by atoms with Crippen LogP contribution in [0, 0.1) is 0 Å². The van der Waals surface area contributed by atoms with Crippen LogP contribution in [-0.2, 0) is 12.6 Å². The molecule has 144 valence electrons. The summed E-state index contributed by atoms with van der Waals surface area (Å²) in [5.41, 5.74) is 2.09. The predicted molar refractivity (Wildman–Crippen MR) is 95.5 cm³/mol. The van der Waals surface area contributed by atoms with Gasteiger partial charge in [-0.1, -0.05) is 0 Å². The second-order valence-electron chi connectivity index (χ2n) is 6.40. The number of pyridine rings is 1. The molecular weight excluding hydrogens is 371 g/mol. The van der Waals surface area contributed by atoms with Gasteiger partial charge in [-0.3, -0.25) is 4.98 Å². The van der Waals surface area contributed by atoms with Gasteiger partial charge >= 0.3 is 12.2 Å². The fraction of sp³-hybridized carbons (Fsp3) is 0.211. The van der Waals surface area contributed by atoms with E-state index in [0.29, 0.717) is 18.7 Å². The van der Waals surface area contributed by atoms with Gasteiger partial charge in [0.1, 0.15) is 6.04 Å². The van der Waals surface area contributed by atoms with Gasteiger partial charge in [-0.15, -0.1) is 0 Å². The van der Waals surface area contributed by atoms with Gasteiger partial charge in [-0.25, -0.2) is 9.78 Å². The van der Waals surface area contributed by atoms with Gasteiger partial charge in [0.05, 0.1) is 17.6 Å². The Hall–Kier alpha value is -3.36. The van der Waals surface area contributed by atoms with E-state index in [-0.39, 0.29) is 0 Å². The SMILES string of the molecule is O=C(Nc1ccc(C(F)(F)F)cc1)N1CCc2[nH]cnc2C1c1ccncc1. The van der Waals surface area contributed by atoms with Crippen molar-refractivity contribution in [1.82, 2.24) is 19.9 Å². The smallest absolute Gasteiger partial charge is 0.348 e. The molecule has 1 aromatic carbocycles. The Labute approximate surface area is 158 Å². The number of nitrogens with one attached hydrogen (secondary N) is 2. The molecule has 0 radical (unpaired) electrons. The van der Waals surface area contributed by atoms with Crippen molar-refractivity contribution in [2.24, 2.45) is 0 Å². The van der Waals surface area contributed by atoms with Crippen molar-refractivity contribution in [3.63, 3.8) is 0 Å². The lowest BCUT2D eigenvalue weighted by Crippen LogP contribution is -2.43. The molecule has 2 aromatic heterocycles. The van der Waals surface area contributed by atoms with Crippen LogP contribution in [0.2, 0.25) is 0 Å². The van der Waals surface area contributed by atoms with Gasteiger partial charge in [0.2, 0.25) is 0 Å². The third-order valence-corrected chi connectivity index (χ3v) is 4.67. The molecule has 1 unspecified atom stereocenters. The molecule has 0 spiro atoms. The molecule has 1 aliphatic rings. The average Bonchev–Trinajstić information content (AvgIpc) is 3.16. The maximum absolute atomic E-state index is 12.9. The minimum atomic E-state index is -4.42. The molecule has 6 nitrogen and oxygen atoms in total. The van der Waals surface area contributed by atoms with Crippen molar-refractivity contribution in [2.45, 2.75) is 18.6 Å². The van der Waals surface area contributed by atoms with Crippen LogP contribution in [0.25, 0.3) is 0 Å². The number of urea groups is 1. The van der Waals surface area contributed by atoms with E-state index < -0.39 is 23.8 Å². The number of hydrogen-bond acceptors (Lipinski definition) is 3. The molecule has 1 atom stereocenters. The fourth-order valence-electron chi connectivity index (χ4n) is 3.32. The number of carbonyl (C=O) groups excluding carboxylic acids is 1. The van der Waals surface area contributed by atoms with Crippen molar-refractivity contribution in [3.8, 4) is 0 Å². The molecule has 1 aliphatic heterocycles. The monoisotopic (exact) mass is 387 g/mol. The molecule has 3 heterocycles. The van der Waals surface area contributed by atoms with E-state index in [1.165, 1.54) is 12.1 Å². The summed E-state index contributed by atoms with van der Waals surface area (Å²) in [5, 5.41) is 2.68. The van der Waals surface area contributed by atoms with Crippen LogP contribution < -0.4 is 5.32 Å². The minimum absolute atomic E-state index is 0.291. The lowest BCUT2D eigenvalue weighted by Gasteiger charge is -2.35. The molecule has 4 rings (SSSR count). The zero-order chi connectivity index (χ0) is 19.7. The van der Waals surface area contributed by atoms with Crippen LogP contribution in [0.4, 0.5) is 23.7 Å². The summed E-state index contributed by atoms with van der Waals surface area (Å²) in [6.45, 7) is 0.439. The Morgan fingerprint density at radius 2 is 1.86 bits per heavy atom. The minimum Gasteiger partial charge on any atom is -0.348 e. The Morgan fingerprint density at radius 3 is 2.54 bits per heavy atom. The number of halogens is 3. The van der Waals surface area contributed by atoms with Crippen LogP contribution in [0.3, 0.4) is 0 Å². The Kier molecular flexibility index (Phi) is 4.50. The second kappa shape index (κ2) is 6.99. The summed E-state index contributed by atoms with van der Waals surface area (Å²) < 4.78 is 38.1. The molecule has 3 aromatic rings. The third-order valence-electron chi connectivity index (χ3n) is 4.67. The standard InChI is InChI=1S/C19H16F3N5O/c20-19(21,22)13-1-3-14(4-2-13)26-18(28)27-10-7-15-16(25-11-24-15)17(27)12-5-8-23-9-6-12/h1-6,8-9,11,17H,7,10H2,(H,24,25)(H,26,28). The van der Waals surface area contributed by atoms with E-state index in [9.17, 15) is 18.0 Å². The molecule has 0 fully saturated rings. The zero-order valence-corrected chi connectivity index (χ0v) is 14.6. The highest BCUT2D eigenvalue weighted by atomic mass is 19.4. The Bertz CT molecular complexity index is 969. The van der Waals surface area contributed by atoms with Gasteiger partial charge in [0, 0.05) is 36.7 Å². The van der Waals surface area contributed by atoms with Crippen molar-refractivity contribution in [2.75, 3.05) is 11.9 Å².